The van der Waals surface area contributed by atoms with Crippen LogP contribution in [0.15, 0.2) is 84.9 Å². The number of nitrogen functional groups attached to an aromatic ring is 2. The standard InChI is InChI=1S/C54H80N2/c1-3-5-21-27-49-43-53(55)39-37-51(49)41-47-33-29-45(30-34-47)25-23-19-17-15-13-11-9-7-8-10-12-14-16-18-20-24-26-46-31-35-48(36-32-46)42-52-38-40-54(56)44-50(52)28-22-6-4-2/h29-40,43-44H,3-28,41-42,55-56H2,1-2H3. The molecule has 0 atom stereocenters. The van der Waals surface area contributed by atoms with Crippen LogP contribution in [-0.4, -0.2) is 0 Å². The molecule has 0 heterocycles. The Morgan fingerprint density at radius 2 is 0.571 bits per heavy atom. The molecule has 0 saturated carbocycles. The van der Waals surface area contributed by atoms with Crippen LogP contribution in [0.3, 0.4) is 0 Å². The number of benzene rings is 4. The van der Waals surface area contributed by atoms with Crippen molar-refractivity contribution in [3.05, 3.63) is 129 Å². The number of rotatable bonds is 31. The third-order valence-electron chi connectivity index (χ3n) is 12.1. The molecule has 4 aromatic carbocycles. The minimum atomic E-state index is 0.890. The first-order valence-electron chi connectivity index (χ1n) is 23.4. The average Bonchev–Trinajstić information content (AvgIpc) is 3.20. The summed E-state index contributed by atoms with van der Waals surface area (Å²) in [7, 11) is 0. The maximum Gasteiger partial charge on any atom is 0.0316 e. The summed E-state index contributed by atoms with van der Waals surface area (Å²) in [6.07, 6.45) is 36.8. The van der Waals surface area contributed by atoms with Crippen LogP contribution in [0.25, 0.3) is 0 Å². The molecule has 4 N–H and O–H groups in total. The zero-order chi connectivity index (χ0) is 39.5. The number of hydrogen-bond donors (Lipinski definition) is 2. The first kappa shape index (κ1) is 45.2. The highest BCUT2D eigenvalue weighted by Crippen LogP contribution is 2.23. The smallest absolute Gasteiger partial charge is 0.0316 e. The van der Waals surface area contributed by atoms with Gasteiger partial charge in [-0.15, -0.1) is 0 Å². The molecule has 4 rings (SSSR count). The molecule has 56 heavy (non-hydrogen) atoms. The van der Waals surface area contributed by atoms with Crippen LogP contribution in [0.4, 0.5) is 11.4 Å². The zero-order valence-corrected chi connectivity index (χ0v) is 36.0. The van der Waals surface area contributed by atoms with E-state index in [1.807, 2.05) is 0 Å². The Kier molecular flexibility index (Phi) is 22.6. The van der Waals surface area contributed by atoms with E-state index >= 15 is 0 Å². The molecule has 0 amide bonds. The summed E-state index contributed by atoms with van der Waals surface area (Å²) in [5.41, 5.74) is 25.5. The maximum absolute atomic E-state index is 6.11. The predicted octanol–water partition coefficient (Wildman–Crippen LogP) is 15.5. The highest BCUT2D eigenvalue weighted by atomic mass is 14.5. The van der Waals surface area contributed by atoms with Gasteiger partial charge in [-0.2, -0.15) is 0 Å². The van der Waals surface area contributed by atoms with Gasteiger partial charge in [0.1, 0.15) is 0 Å². The molecule has 0 aliphatic heterocycles. The van der Waals surface area contributed by atoms with E-state index in [4.69, 9.17) is 11.5 Å². The molecule has 0 radical (unpaired) electrons. The van der Waals surface area contributed by atoms with Gasteiger partial charge in [-0.3, -0.25) is 0 Å². The van der Waals surface area contributed by atoms with Gasteiger partial charge in [0.05, 0.1) is 0 Å². The number of nitrogens with two attached hydrogens (primary N) is 2. The van der Waals surface area contributed by atoms with Gasteiger partial charge in [-0.05, 0) is 133 Å². The van der Waals surface area contributed by atoms with Crippen LogP contribution in [-0.2, 0) is 38.5 Å². The molecule has 0 aromatic heterocycles. The fraction of sp³-hybridized carbons (Fsp3) is 0.556. The average molecular weight is 757 g/mol. The molecule has 0 aliphatic rings. The molecule has 0 spiro atoms. The van der Waals surface area contributed by atoms with Gasteiger partial charge in [0.25, 0.3) is 0 Å². The van der Waals surface area contributed by atoms with Crippen LogP contribution in [0.5, 0.6) is 0 Å². The first-order chi connectivity index (χ1) is 27.5. The molecule has 0 aliphatic carbocycles. The van der Waals surface area contributed by atoms with E-state index in [-0.39, 0.29) is 0 Å². The lowest BCUT2D eigenvalue weighted by molar-refractivity contribution is 0.528. The third-order valence-corrected chi connectivity index (χ3v) is 12.1. The summed E-state index contributed by atoms with van der Waals surface area (Å²) in [4.78, 5) is 0. The van der Waals surface area contributed by atoms with Crippen LogP contribution in [0, 0.1) is 0 Å². The molecule has 0 saturated heterocycles. The van der Waals surface area contributed by atoms with E-state index in [9.17, 15) is 0 Å². The molecule has 2 heteroatoms. The summed E-state index contributed by atoms with van der Waals surface area (Å²) < 4.78 is 0. The first-order valence-corrected chi connectivity index (χ1v) is 23.4. The van der Waals surface area contributed by atoms with Gasteiger partial charge in [0.2, 0.25) is 0 Å². The van der Waals surface area contributed by atoms with Crippen molar-refractivity contribution >= 4 is 11.4 Å². The Bertz CT molecular complexity index is 1460. The minimum absolute atomic E-state index is 0.890. The van der Waals surface area contributed by atoms with Gasteiger partial charge in [-0.1, -0.05) is 190 Å². The van der Waals surface area contributed by atoms with Crippen molar-refractivity contribution in [1.29, 1.82) is 0 Å². The second kappa shape index (κ2) is 28.0. The third kappa shape index (κ3) is 18.6. The van der Waals surface area contributed by atoms with Crippen molar-refractivity contribution in [2.75, 3.05) is 11.5 Å². The lowest BCUT2D eigenvalue weighted by Crippen LogP contribution is -1.99. The normalized spacial score (nSPS) is 11.4. The fourth-order valence-corrected chi connectivity index (χ4v) is 8.45. The second-order valence-electron chi connectivity index (χ2n) is 17.1. The number of unbranched alkanes of at least 4 members (excludes halogenated alkanes) is 19. The van der Waals surface area contributed by atoms with E-state index in [2.05, 4.69) is 98.8 Å². The monoisotopic (exact) mass is 757 g/mol. The number of anilines is 2. The summed E-state index contributed by atoms with van der Waals surface area (Å²) in [5, 5.41) is 0. The fourth-order valence-electron chi connectivity index (χ4n) is 8.45. The second-order valence-corrected chi connectivity index (χ2v) is 17.1. The highest BCUT2D eigenvalue weighted by molar-refractivity contribution is 5.47. The molecule has 0 fully saturated rings. The Morgan fingerprint density at radius 3 is 0.893 bits per heavy atom. The Balaban J connectivity index is 0.922. The summed E-state index contributed by atoms with van der Waals surface area (Å²) in [5.74, 6) is 0. The van der Waals surface area contributed by atoms with Crippen LogP contribution >= 0.6 is 0 Å². The van der Waals surface area contributed by atoms with Gasteiger partial charge >= 0.3 is 0 Å². The Labute approximate surface area is 344 Å². The largest absolute Gasteiger partial charge is 0.399 e. The predicted molar refractivity (Wildman–Crippen MR) is 248 cm³/mol. The van der Waals surface area contributed by atoms with E-state index in [0.29, 0.717) is 0 Å². The molecular weight excluding hydrogens is 677 g/mol. The van der Waals surface area contributed by atoms with Gasteiger partial charge in [-0.25, -0.2) is 0 Å². The quantitative estimate of drug-likeness (QED) is 0.0397. The van der Waals surface area contributed by atoms with Crippen molar-refractivity contribution in [3.63, 3.8) is 0 Å². The molecule has 2 nitrogen and oxygen atoms in total. The van der Waals surface area contributed by atoms with E-state index < -0.39 is 0 Å². The van der Waals surface area contributed by atoms with Crippen LogP contribution in [0.1, 0.15) is 200 Å². The van der Waals surface area contributed by atoms with Crippen molar-refractivity contribution < 1.29 is 0 Å². The summed E-state index contributed by atoms with van der Waals surface area (Å²) >= 11 is 0. The molecule has 306 valence electrons. The zero-order valence-electron chi connectivity index (χ0n) is 36.0. The van der Waals surface area contributed by atoms with Crippen molar-refractivity contribution in [2.45, 2.75) is 194 Å². The number of hydrogen-bond acceptors (Lipinski definition) is 2. The Hall–Kier alpha value is -3.52. The SMILES string of the molecule is CCCCCc1cc(N)ccc1Cc1ccc(CCCCCCCCCCCCCCCCCCc2ccc(Cc3ccc(N)cc3CCCCC)cc2)cc1. The van der Waals surface area contributed by atoms with Crippen LogP contribution < -0.4 is 11.5 Å². The molecule has 0 bridgehead atoms. The number of aryl methyl sites for hydroxylation is 4. The van der Waals surface area contributed by atoms with Gasteiger partial charge < -0.3 is 11.5 Å². The minimum Gasteiger partial charge on any atom is -0.399 e. The van der Waals surface area contributed by atoms with E-state index in [0.717, 1.165) is 37.1 Å². The topological polar surface area (TPSA) is 52.0 Å². The molecular formula is C54H80N2. The van der Waals surface area contributed by atoms with Gasteiger partial charge in [0, 0.05) is 11.4 Å². The molecule has 4 aromatic rings. The maximum atomic E-state index is 6.11. The van der Waals surface area contributed by atoms with Crippen molar-refractivity contribution in [2.24, 2.45) is 0 Å². The van der Waals surface area contributed by atoms with Gasteiger partial charge in [0.15, 0.2) is 0 Å². The lowest BCUT2D eigenvalue weighted by atomic mass is 9.95. The Morgan fingerprint density at radius 1 is 0.286 bits per heavy atom. The van der Waals surface area contributed by atoms with Crippen LogP contribution in [0.2, 0.25) is 0 Å². The summed E-state index contributed by atoms with van der Waals surface area (Å²) in [6.45, 7) is 4.54. The lowest BCUT2D eigenvalue weighted by Gasteiger charge is -2.11. The molecule has 0 unspecified atom stereocenters. The van der Waals surface area contributed by atoms with E-state index in [1.54, 1.807) is 0 Å². The summed E-state index contributed by atoms with van der Waals surface area (Å²) in [6, 6.07) is 31.8. The van der Waals surface area contributed by atoms with Crippen molar-refractivity contribution in [3.8, 4) is 0 Å². The van der Waals surface area contributed by atoms with Crippen molar-refractivity contribution in [1.82, 2.24) is 0 Å². The highest BCUT2D eigenvalue weighted by Gasteiger charge is 2.07. The van der Waals surface area contributed by atoms with E-state index in [1.165, 1.54) is 199 Å².